The maximum Gasteiger partial charge on any atom is 0.326 e. The molecule has 2 N–H and O–H groups in total. The summed E-state index contributed by atoms with van der Waals surface area (Å²) in [4.78, 5) is 71.3. The monoisotopic (exact) mass is 420 g/mol. The van der Waals surface area contributed by atoms with Crippen molar-refractivity contribution in [1.29, 1.82) is 0 Å². The van der Waals surface area contributed by atoms with E-state index in [4.69, 9.17) is 4.74 Å². The maximum absolute atomic E-state index is 12.4. The molecule has 160 valence electrons. The minimum absolute atomic E-state index is 0.202. The highest BCUT2D eigenvalue weighted by Gasteiger charge is 2.42. The summed E-state index contributed by atoms with van der Waals surface area (Å²) < 4.78 is 4.87. The summed E-state index contributed by atoms with van der Waals surface area (Å²) in [6.45, 7) is 5.45. The fraction of sp³-hybridized carbons (Fsp3) is 0.389. The summed E-state index contributed by atoms with van der Waals surface area (Å²) in [6.07, 6.45) is -1.40. The molecule has 1 aromatic carbocycles. The molecule has 1 atom stereocenters. The second kappa shape index (κ2) is 8.27. The smallest absolute Gasteiger partial charge is 0.326 e. The third-order valence-electron chi connectivity index (χ3n) is 3.86. The largest absolute Gasteiger partial charge is 0.451 e. The Bertz CT molecular complexity index is 950. The summed E-state index contributed by atoms with van der Waals surface area (Å²) in [5.41, 5.74) is -1.77. The Morgan fingerprint density at radius 3 is 2.40 bits per heavy atom. The first-order valence-corrected chi connectivity index (χ1v) is 8.78. The number of rotatable bonds is 5. The number of urea groups is 1. The molecule has 12 nitrogen and oxygen atoms in total. The average molecular weight is 420 g/mol. The van der Waals surface area contributed by atoms with Crippen molar-refractivity contribution in [3.8, 4) is 0 Å². The Morgan fingerprint density at radius 2 is 1.83 bits per heavy atom. The quantitative estimate of drug-likeness (QED) is 0.305. The molecule has 1 unspecified atom stereocenters. The standard InChI is InChI=1S/C18H20N4O8/c1-9(14(24)19-17(27)20-18(2,3)4)30-12(23)8-21-15(25)10-6-5-7-11(22(28)29)13(10)16(21)26/h5-7,9H,8H2,1-4H3,(H2,19,20,24,27). The van der Waals surface area contributed by atoms with Crippen molar-refractivity contribution in [1.82, 2.24) is 15.5 Å². The molecule has 0 aromatic heterocycles. The molecule has 5 amide bonds. The van der Waals surface area contributed by atoms with Gasteiger partial charge in [0, 0.05) is 11.6 Å². The predicted molar refractivity (Wildman–Crippen MR) is 100 cm³/mol. The third-order valence-corrected chi connectivity index (χ3v) is 3.86. The molecule has 1 aliphatic rings. The molecule has 0 fully saturated rings. The van der Waals surface area contributed by atoms with Crippen molar-refractivity contribution < 1.29 is 33.6 Å². The summed E-state index contributed by atoms with van der Waals surface area (Å²) in [6, 6.07) is 2.76. The maximum atomic E-state index is 12.4. The van der Waals surface area contributed by atoms with Gasteiger partial charge in [-0.15, -0.1) is 0 Å². The Morgan fingerprint density at radius 1 is 1.20 bits per heavy atom. The van der Waals surface area contributed by atoms with Crippen LogP contribution in [0.2, 0.25) is 0 Å². The lowest BCUT2D eigenvalue weighted by Crippen LogP contribution is -2.51. The molecule has 1 aliphatic heterocycles. The molecule has 30 heavy (non-hydrogen) atoms. The van der Waals surface area contributed by atoms with Crippen molar-refractivity contribution >= 4 is 35.4 Å². The van der Waals surface area contributed by atoms with Crippen LogP contribution in [-0.2, 0) is 14.3 Å². The van der Waals surface area contributed by atoms with E-state index in [0.717, 1.165) is 6.07 Å². The van der Waals surface area contributed by atoms with E-state index in [1.54, 1.807) is 20.8 Å². The zero-order valence-electron chi connectivity index (χ0n) is 16.7. The van der Waals surface area contributed by atoms with E-state index >= 15 is 0 Å². The first-order chi connectivity index (χ1) is 13.8. The average Bonchev–Trinajstić information content (AvgIpc) is 2.84. The number of esters is 1. The van der Waals surface area contributed by atoms with Gasteiger partial charge in [0.15, 0.2) is 6.10 Å². The number of carbonyl (C=O) groups is 5. The number of nitrogens with zero attached hydrogens (tertiary/aromatic N) is 2. The van der Waals surface area contributed by atoms with Crippen LogP contribution in [0.3, 0.4) is 0 Å². The minimum atomic E-state index is -1.40. The molecule has 1 aromatic rings. The van der Waals surface area contributed by atoms with Crippen LogP contribution in [0.15, 0.2) is 18.2 Å². The van der Waals surface area contributed by atoms with Gasteiger partial charge in [-0.3, -0.25) is 39.5 Å². The Hall–Kier alpha value is -3.83. The van der Waals surface area contributed by atoms with E-state index in [-0.39, 0.29) is 5.56 Å². The first-order valence-electron chi connectivity index (χ1n) is 8.78. The molecule has 0 spiro atoms. The molecule has 0 radical (unpaired) electrons. The van der Waals surface area contributed by atoms with Crippen molar-refractivity contribution in [2.75, 3.05) is 6.54 Å². The van der Waals surface area contributed by atoms with Crippen LogP contribution in [0.5, 0.6) is 0 Å². The lowest BCUT2D eigenvalue weighted by Gasteiger charge is -2.21. The summed E-state index contributed by atoms with van der Waals surface area (Å²) in [5.74, 6) is -3.92. The highest BCUT2D eigenvalue weighted by molar-refractivity contribution is 6.24. The number of hydrogen-bond acceptors (Lipinski definition) is 8. The van der Waals surface area contributed by atoms with E-state index in [9.17, 15) is 34.1 Å². The van der Waals surface area contributed by atoms with Crippen LogP contribution < -0.4 is 10.6 Å². The highest BCUT2D eigenvalue weighted by atomic mass is 16.6. The van der Waals surface area contributed by atoms with Gasteiger partial charge in [-0.1, -0.05) is 6.07 Å². The van der Waals surface area contributed by atoms with Gasteiger partial charge in [-0.05, 0) is 33.8 Å². The Kier molecular flexibility index (Phi) is 6.19. The van der Waals surface area contributed by atoms with Crippen LogP contribution in [0.4, 0.5) is 10.5 Å². The number of benzene rings is 1. The number of imide groups is 2. The van der Waals surface area contributed by atoms with Crippen molar-refractivity contribution in [2.24, 2.45) is 0 Å². The van der Waals surface area contributed by atoms with E-state index < -0.39 is 64.1 Å². The van der Waals surface area contributed by atoms with Gasteiger partial charge in [-0.2, -0.15) is 0 Å². The van der Waals surface area contributed by atoms with Gasteiger partial charge in [0.25, 0.3) is 23.4 Å². The van der Waals surface area contributed by atoms with Gasteiger partial charge in [0.2, 0.25) is 0 Å². The molecule has 0 saturated heterocycles. The predicted octanol–water partition coefficient (Wildman–Crippen LogP) is 0.747. The number of fused-ring (bicyclic) bond motifs is 1. The number of hydrogen-bond donors (Lipinski definition) is 2. The second-order valence-corrected chi connectivity index (χ2v) is 7.48. The van der Waals surface area contributed by atoms with Gasteiger partial charge >= 0.3 is 12.0 Å². The number of carbonyl (C=O) groups excluding carboxylic acids is 5. The Labute approximate surface area is 170 Å². The van der Waals surface area contributed by atoms with Gasteiger partial charge in [0.05, 0.1) is 10.5 Å². The van der Waals surface area contributed by atoms with Crippen LogP contribution in [0.25, 0.3) is 0 Å². The third kappa shape index (κ3) is 4.96. The van der Waals surface area contributed by atoms with Gasteiger partial charge < -0.3 is 10.1 Å². The molecule has 0 bridgehead atoms. The molecule has 0 aliphatic carbocycles. The van der Waals surface area contributed by atoms with Crippen LogP contribution >= 0.6 is 0 Å². The minimum Gasteiger partial charge on any atom is -0.451 e. The lowest BCUT2D eigenvalue weighted by molar-refractivity contribution is -0.385. The summed E-state index contributed by atoms with van der Waals surface area (Å²) in [7, 11) is 0. The number of nitro benzene ring substituents is 1. The zero-order valence-corrected chi connectivity index (χ0v) is 16.7. The number of nitrogens with one attached hydrogen (secondary N) is 2. The number of ether oxygens (including phenoxy) is 1. The molecule has 2 rings (SSSR count). The topological polar surface area (TPSA) is 165 Å². The zero-order chi connectivity index (χ0) is 22.8. The Balaban J connectivity index is 2.01. The van der Waals surface area contributed by atoms with Crippen molar-refractivity contribution in [3.05, 3.63) is 39.4 Å². The molecule has 1 heterocycles. The first kappa shape index (κ1) is 22.5. The fourth-order valence-corrected chi connectivity index (χ4v) is 2.61. The number of amides is 5. The summed E-state index contributed by atoms with van der Waals surface area (Å²) >= 11 is 0. The molecule has 0 saturated carbocycles. The van der Waals surface area contributed by atoms with Gasteiger partial charge in [-0.25, -0.2) is 4.79 Å². The van der Waals surface area contributed by atoms with Crippen molar-refractivity contribution in [3.63, 3.8) is 0 Å². The van der Waals surface area contributed by atoms with Crippen LogP contribution in [0, 0.1) is 10.1 Å². The molecular formula is C18H20N4O8. The second-order valence-electron chi connectivity index (χ2n) is 7.48. The van der Waals surface area contributed by atoms with Crippen LogP contribution in [0.1, 0.15) is 48.4 Å². The highest BCUT2D eigenvalue weighted by Crippen LogP contribution is 2.30. The fourth-order valence-electron chi connectivity index (χ4n) is 2.61. The summed E-state index contributed by atoms with van der Waals surface area (Å²) in [5, 5.41) is 15.6. The van der Waals surface area contributed by atoms with Crippen LogP contribution in [-0.4, -0.2) is 57.7 Å². The lowest BCUT2D eigenvalue weighted by atomic mass is 10.1. The van der Waals surface area contributed by atoms with E-state index in [1.165, 1.54) is 19.1 Å². The van der Waals surface area contributed by atoms with E-state index in [0.29, 0.717) is 4.90 Å². The number of nitro groups is 1. The molecular weight excluding hydrogens is 400 g/mol. The SMILES string of the molecule is CC(OC(=O)CN1C(=O)c2cccc([N+](=O)[O-])c2C1=O)C(=O)NC(=O)NC(C)(C)C. The normalized spacial score (nSPS) is 14.1. The van der Waals surface area contributed by atoms with Gasteiger partial charge in [0.1, 0.15) is 12.1 Å². The van der Waals surface area contributed by atoms with E-state index in [1.807, 2.05) is 5.32 Å². The van der Waals surface area contributed by atoms with E-state index in [2.05, 4.69) is 5.32 Å². The molecule has 12 heteroatoms. The van der Waals surface area contributed by atoms with Crippen molar-refractivity contribution in [2.45, 2.75) is 39.3 Å².